The van der Waals surface area contributed by atoms with Crippen LogP contribution in [0.2, 0.25) is 0 Å². The zero-order valence-electron chi connectivity index (χ0n) is 13.6. The first-order valence-corrected chi connectivity index (χ1v) is 7.69. The SMILES string of the molecule is CCOC(=O)c1cnc2ccccc2c1Nc1ccc(OC)cc1. The van der Waals surface area contributed by atoms with E-state index in [0.717, 1.165) is 22.3 Å². The maximum atomic E-state index is 12.3. The topological polar surface area (TPSA) is 60.5 Å². The maximum absolute atomic E-state index is 12.3. The van der Waals surface area contributed by atoms with Gasteiger partial charge < -0.3 is 14.8 Å². The van der Waals surface area contributed by atoms with E-state index in [-0.39, 0.29) is 0 Å². The van der Waals surface area contributed by atoms with Crippen LogP contribution < -0.4 is 10.1 Å². The van der Waals surface area contributed by atoms with Crippen LogP contribution in [0.1, 0.15) is 17.3 Å². The lowest BCUT2D eigenvalue weighted by atomic mass is 10.1. The van der Waals surface area contributed by atoms with Crippen molar-refractivity contribution in [1.82, 2.24) is 4.98 Å². The van der Waals surface area contributed by atoms with Crippen LogP contribution in [0, 0.1) is 0 Å². The fourth-order valence-corrected chi connectivity index (χ4v) is 2.46. The van der Waals surface area contributed by atoms with E-state index in [1.807, 2.05) is 48.5 Å². The second-order valence-electron chi connectivity index (χ2n) is 5.14. The molecule has 0 atom stereocenters. The van der Waals surface area contributed by atoms with Crippen molar-refractivity contribution in [3.8, 4) is 5.75 Å². The lowest BCUT2D eigenvalue weighted by molar-refractivity contribution is 0.0527. The van der Waals surface area contributed by atoms with Gasteiger partial charge in [0, 0.05) is 17.3 Å². The Kier molecular flexibility index (Phi) is 4.61. The summed E-state index contributed by atoms with van der Waals surface area (Å²) in [4.78, 5) is 16.6. The molecular weight excluding hydrogens is 304 g/mol. The van der Waals surface area contributed by atoms with Gasteiger partial charge in [0.2, 0.25) is 0 Å². The summed E-state index contributed by atoms with van der Waals surface area (Å²) in [6, 6.07) is 15.2. The van der Waals surface area contributed by atoms with Crippen molar-refractivity contribution in [2.45, 2.75) is 6.92 Å². The van der Waals surface area contributed by atoms with E-state index in [2.05, 4.69) is 10.3 Å². The van der Waals surface area contributed by atoms with Crippen LogP contribution in [0.5, 0.6) is 5.75 Å². The average Bonchev–Trinajstić information content (AvgIpc) is 2.63. The summed E-state index contributed by atoms with van der Waals surface area (Å²) in [5.74, 6) is 0.373. The van der Waals surface area contributed by atoms with Gasteiger partial charge >= 0.3 is 5.97 Å². The number of methoxy groups -OCH3 is 1. The van der Waals surface area contributed by atoms with Crippen LogP contribution >= 0.6 is 0 Å². The lowest BCUT2D eigenvalue weighted by Gasteiger charge is -2.14. The molecule has 5 nitrogen and oxygen atoms in total. The minimum Gasteiger partial charge on any atom is -0.497 e. The molecule has 0 amide bonds. The third-order valence-corrected chi connectivity index (χ3v) is 3.63. The van der Waals surface area contributed by atoms with E-state index in [1.165, 1.54) is 0 Å². The molecular formula is C19H18N2O3. The number of carbonyl (C=O) groups is 1. The molecule has 0 radical (unpaired) electrons. The van der Waals surface area contributed by atoms with E-state index >= 15 is 0 Å². The molecule has 5 heteroatoms. The second-order valence-corrected chi connectivity index (χ2v) is 5.14. The molecule has 3 aromatic rings. The van der Waals surface area contributed by atoms with Crippen LogP contribution in [0.4, 0.5) is 11.4 Å². The fraction of sp³-hybridized carbons (Fsp3) is 0.158. The molecule has 0 aliphatic rings. The number of nitrogens with zero attached hydrogens (tertiary/aromatic N) is 1. The summed E-state index contributed by atoms with van der Waals surface area (Å²) in [5.41, 5.74) is 2.75. The van der Waals surface area contributed by atoms with Gasteiger partial charge in [-0.3, -0.25) is 4.98 Å². The van der Waals surface area contributed by atoms with E-state index < -0.39 is 5.97 Å². The lowest BCUT2D eigenvalue weighted by Crippen LogP contribution is -2.09. The molecule has 1 heterocycles. The standard InChI is InChI=1S/C19H18N2O3/c1-3-24-19(22)16-12-20-17-7-5-4-6-15(17)18(16)21-13-8-10-14(23-2)11-9-13/h4-12H,3H2,1-2H3,(H,20,21). The highest BCUT2D eigenvalue weighted by Gasteiger charge is 2.16. The molecule has 0 unspecified atom stereocenters. The van der Waals surface area contributed by atoms with Gasteiger partial charge in [-0.25, -0.2) is 4.79 Å². The highest BCUT2D eigenvalue weighted by molar-refractivity contribution is 6.05. The number of fused-ring (bicyclic) bond motifs is 1. The highest BCUT2D eigenvalue weighted by atomic mass is 16.5. The predicted octanol–water partition coefficient (Wildman–Crippen LogP) is 4.16. The number of pyridine rings is 1. The number of rotatable bonds is 5. The molecule has 24 heavy (non-hydrogen) atoms. The minimum absolute atomic E-state index is 0.313. The number of anilines is 2. The van der Waals surface area contributed by atoms with Crippen molar-refractivity contribution in [3.05, 3.63) is 60.3 Å². The van der Waals surface area contributed by atoms with Crippen molar-refractivity contribution in [1.29, 1.82) is 0 Å². The van der Waals surface area contributed by atoms with Crippen molar-refractivity contribution in [3.63, 3.8) is 0 Å². The molecule has 1 aromatic heterocycles. The van der Waals surface area contributed by atoms with E-state index in [9.17, 15) is 4.79 Å². The van der Waals surface area contributed by atoms with Crippen molar-refractivity contribution < 1.29 is 14.3 Å². The third kappa shape index (κ3) is 3.15. The summed E-state index contributed by atoms with van der Waals surface area (Å²) < 4.78 is 10.3. The number of carbonyl (C=O) groups excluding carboxylic acids is 1. The number of benzene rings is 2. The van der Waals surface area contributed by atoms with Crippen molar-refractivity contribution in [2.75, 3.05) is 19.0 Å². The number of hydrogen-bond donors (Lipinski definition) is 1. The quantitative estimate of drug-likeness (QED) is 0.715. The summed E-state index contributed by atoms with van der Waals surface area (Å²) in [6.07, 6.45) is 1.55. The smallest absolute Gasteiger partial charge is 0.341 e. The molecule has 0 spiro atoms. The van der Waals surface area contributed by atoms with Gasteiger partial charge in [0.25, 0.3) is 0 Å². The van der Waals surface area contributed by atoms with Gasteiger partial charge in [-0.05, 0) is 37.3 Å². The van der Waals surface area contributed by atoms with Gasteiger partial charge in [0.1, 0.15) is 11.3 Å². The Morgan fingerprint density at radius 1 is 1.12 bits per heavy atom. The predicted molar refractivity (Wildman–Crippen MR) is 94.0 cm³/mol. The Balaban J connectivity index is 2.07. The van der Waals surface area contributed by atoms with Crippen LogP contribution in [-0.4, -0.2) is 24.7 Å². The van der Waals surface area contributed by atoms with E-state index in [4.69, 9.17) is 9.47 Å². The molecule has 0 bridgehead atoms. The van der Waals surface area contributed by atoms with Gasteiger partial charge in [-0.2, -0.15) is 0 Å². The Morgan fingerprint density at radius 2 is 1.88 bits per heavy atom. The molecule has 0 saturated carbocycles. The van der Waals surface area contributed by atoms with Gasteiger partial charge in [0.05, 0.1) is 24.9 Å². The van der Waals surface area contributed by atoms with Crippen LogP contribution in [0.15, 0.2) is 54.7 Å². The first kappa shape index (κ1) is 15.8. The maximum Gasteiger partial charge on any atom is 0.341 e. The molecule has 122 valence electrons. The first-order valence-electron chi connectivity index (χ1n) is 7.69. The largest absolute Gasteiger partial charge is 0.497 e. The Bertz CT molecular complexity index is 860. The summed E-state index contributed by atoms with van der Waals surface area (Å²) in [5, 5.41) is 4.17. The van der Waals surface area contributed by atoms with Gasteiger partial charge in [0.15, 0.2) is 0 Å². The normalized spacial score (nSPS) is 10.4. The first-order chi connectivity index (χ1) is 11.7. The van der Waals surface area contributed by atoms with Gasteiger partial charge in [-0.15, -0.1) is 0 Å². The zero-order chi connectivity index (χ0) is 16.9. The molecule has 0 aliphatic carbocycles. The zero-order valence-corrected chi connectivity index (χ0v) is 13.6. The summed E-state index contributed by atoms with van der Waals surface area (Å²) in [6.45, 7) is 2.09. The van der Waals surface area contributed by atoms with Crippen LogP contribution in [0.25, 0.3) is 10.9 Å². The number of para-hydroxylation sites is 1. The highest BCUT2D eigenvalue weighted by Crippen LogP contribution is 2.30. The van der Waals surface area contributed by atoms with E-state index in [1.54, 1.807) is 20.2 Å². The molecule has 0 saturated heterocycles. The Hall–Kier alpha value is -3.08. The molecule has 1 N–H and O–H groups in total. The van der Waals surface area contributed by atoms with Gasteiger partial charge in [-0.1, -0.05) is 18.2 Å². The van der Waals surface area contributed by atoms with E-state index in [0.29, 0.717) is 17.9 Å². The Labute approximate surface area is 140 Å². The van der Waals surface area contributed by atoms with Crippen molar-refractivity contribution >= 4 is 28.2 Å². The van der Waals surface area contributed by atoms with Crippen LogP contribution in [0.3, 0.4) is 0 Å². The molecule has 2 aromatic carbocycles. The number of ether oxygens (including phenoxy) is 2. The second kappa shape index (κ2) is 7.00. The number of aromatic nitrogens is 1. The number of nitrogens with one attached hydrogen (secondary N) is 1. The molecule has 0 fully saturated rings. The number of hydrogen-bond acceptors (Lipinski definition) is 5. The summed E-state index contributed by atoms with van der Waals surface area (Å²) >= 11 is 0. The van der Waals surface area contributed by atoms with Crippen molar-refractivity contribution in [2.24, 2.45) is 0 Å². The third-order valence-electron chi connectivity index (χ3n) is 3.63. The average molecular weight is 322 g/mol. The van der Waals surface area contributed by atoms with Crippen LogP contribution in [-0.2, 0) is 4.74 Å². The number of esters is 1. The molecule has 3 rings (SSSR count). The molecule has 0 aliphatic heterocycles. The fourth-order valence-electron chi connectivity index (χ4n) is 2.46. The Morgan fingerprint density at radius 3 is 2.58 bits per heavy atom. The minimum atomic E-state index is -0.397. The summed E-state index contributed by atoms with van der Waals surface area (Å²) in [7, 11) is 1.62. The monoisotopic (exact) mass is 322 g/mol.